The molecular weight excluding hydrogens is 344 g/mol. The smallest absolute Gasteiger partial charge is 0.322 e. The number of hydrogen-bond acceptors (Lipinski definition) is 4. The molecule has 3 rings (SSSR count). The fraction of sp³-hybridized carbons (Fsp3) is 0.350. The fourth-order valence-electron chi connectivity index (χ4n) is 2.98. The molecule has 27 heavy (non-hydrogen) atoms. The Morgan fingerprint density at radius 1 is 1.26 bits per heavy atom. The first-order chi connectivity index (χ1) is 13.1. The van der Waals surface area contributed by atoms with E-state index in [2.05, 4.69) is 15.6 Å². The molecule has 0 spiro atoms. The largest absolute Gasteiger partial charge is 0.377 e. The summed E-state index contributed by atoms with van der Waals surface area (Å²) in [5.74, 6) is -0.122. The van der Waals surface area contributed by atoms with Gasteiger partial charge in [-0.15, -0.1) is 0 Å². The molecule has 1 aromatic carbocycles. The molecule has 1 fully saturated rings. The van der Waals surface area contributed by atoms with E-state index in [0.717, 1.165) is 16.8 Å². The zero-order chi connectivity index (χ0) is 19.1. The van der Waals surface area contributed by atoms with Gasteiger partial charge in [-0.25, -0.2) is 4.79 Å². The Morgan fingerprint density at radius 2 is 2.11 bits per heavy atom. The number of pyridine rings is 1. The third-order valence-corrected chi connectivity index (χ3v) is 4.51. The van der Waals surface area contributed by atoms with Crippen molar-refractivity contribution in [1.82, 2.24) is 15.2 Å². The Bertz CT molecular complexity index is 782. The van der Waals surface area contributed by atoms with E-state index < -0.39 is 0 Å². The number of aryl methyl sites for hydroxylation is 1. The highest BCUT2D eigenvalue weighted by atomic mass is 16.5. The average Bonchev–Trinajstić information content (AvgIpc) is 2.69. The molecule has 1 aliphatic heterocycles. The maximum absolute atomic E-state index is 12.7. The number of aromatic nitrogens is 1. The summed E-state index contributed by atoms with van der Waals surface area (Å²) in [7, 11) is 0. The van der Waals surface area contributed by atoms with Gasteiger partial charge in [0.25, 0.3) is 0 Å². The number of ether oxygens (including phenoxy) is 1. The lowest BCUT2D eigenvalue weighted by molar-refractivity contribution is -0.123. The highest BCUT2D eigenvalue weighted by Crippen LogP contribution is 2.17. The first-order valence-corrected chi connectivity index (χ1v) is 9.00. The van der Waals surface area contributed by atoms with Gasteiger partial charge in [-0.05, 0) is 30.2 Å². The predicted molar refractivity (Wildman–Crippen MR) is 102 cm³/mol. The minimum absolute atomic E-state index is 0.122. The van der Waals surface area contributed by atoms with Crippen LogP contribution in [0.25, 0.3) is 0 Å². The number of rotatable bonds is 5. The van der Waals surface area contributed by atoms with Crippen molar-refractivity contribution in [3.8, 4) is 0 Å². The first-order valence-electron chi connectivity index (χ1n) is 9.00. The van der Waals surface area contributed by atoms with Crippen LogP contribution in [0.15, 0.2) is 48.8 Å². The maximum atomic E-state index is 12.7. The number of para-hydroxylation sites is 1. The van der Waals surface area contributed by atoms with Crippen LogP contribution in [-0.2, 0) is 16.1 Å². The number of nitrogens with one attached hydrogen (secondary N) is 2. The molecule has 0 radical (unpaired) electrons. The topological polar surface area (TPSA) is 83.6 Å². The number of benzene rings is 1. The maximum Gasteiger partial charge on any atom is 0.322 e. The monoisotopic (exact) mass is 368 g/mol. The number of urea groups is 1. The van der Waals surface area contributed by atoms with E-state index in [1.54, 1.807) is 17.3 Å². The van der Waals surface area contributed by atoms with Gasteiger partial charge in [0.1, 0.15) is 0 Å². The molecule has 1 aliphatic rings. The van der Waals surface area contributed by atoms with Gasteiger partial charge in [0.05, 0.1) is 19.3 Å². The molecule has 142 valence electrons. The normalized spacial score (nSPS) is 16.6. The van der Waals surface area contributed by atoms with Gasteiger partial charge in [-0.3, -0.25) is 9.78 Å². The van der Waals surface area contributed by atoms with Crippen LogP contribution >= 0.6 is 0 Å². The number of carbonyl (C=O) groups excluding carboxylic acids is 2. The molecule has 1 saturated heterocycles. The van der Waals surface area contributed by atoms with E-state index >= 15 is 0 Å². The van der Waals surface area contributed by atoms with Gasteiger partial charge in [-0.1, -0.05) is 24.3 Å². The quantitative estimate of drug-likeness (QED) is 0.848. The summed E-state index contributed by atoms with van der Waals surface area (Å²) in [6.45, 7) is 3.63. The van der Waals surface area contributed by atoms with E-state index in [9.17, 15) is 9.59 Å². The van der Waals surface area contributed by atoms with Crippen molar-refractivity contribution in [2.75, 3.05) is 25.1 Å². The molecule has 3 amide bonds. The summed E-state index contributed by atoms with van der Waals surface area (Å²) in [4.78, 5) is 30.7. The molecule has 1 atom stereocenters. The summed E-state index contributed by atoms with van der Waals surface area (Å²) in [6, 6.07) is 10.8. The van der Waals surface area contributed by atoms with Crippen LogP contribution < -0.4 is 10.6 Å². The molecule has 0 aliphatic carbocycles. The summed E-state index contributed by atoms with van der Waals surface area (Å²) in [6.07, 6.45) is 3.60. The summed E-state index contributed by atoms with van der Waals surface area (Å²) in [5, 5.41) is 5.80. The molecule has 0 unspecified atom stereocenters. The molecule has 0 saturated carbocycles. The lowest BCUT2D eigenvalue weighted by atomic mass is 10.1. The van der Waals surface area contributed by atoms with Gasteiger partial charge >= 0.3 is 6.03 Å². The van der Waals surface area contributed by atoms with E-state index in [4.69, 9.17) is 4.74 Å². The van der Waals surface area contributed by atoms with Crippen molar-refractivity contribution >= 4 is 17.6 Å². The van der Waals surface area contributed by atoms with Crippen LogP contribution in [0.5, 0.6) is 0 Å². The van der Waals surface area contributed by atoms with Gasteiger partial charge in [0.2, 0.25) is 5.91 Å². The van der Waals surface area contributed by atoms with Crippen LogP contribution in [0.1, 0.15) is 17.5 Å². The van der Waals surface area contributed by atoms with E-state index in [-0.39, 0.29) is 24.4 Å². The second-order valence-corrected chi connectivity index (χ2v) is 6.51. The van der Waals surface area contributed by atoms with Crippen molar-refractivity contribution < 1.29 is 14.3 Å². The molecular formula is C20H24N4O3. The van der Waals surface area contributed by atoms with Gasteiger partial charge in [-0.2, -0.15) is 0 Å². The fourth-order valence-corrected chi connectivity index (χ4v) is 2.98. The minimum Gasteiger partial charge on any atom is -0.377 e. The molecule has 2 aromatic rings. The van der Waals surface area contributed by atoms with Gasteiger partial charge < -0.3 is 20.3 Å². The van der Waals surface area contributed by atoms with Crippen molar-refractivity contribution in [2.24, 2.45) is 0 Å². The Kier molecular flexibility index (Phi) is 6.38. The Labute approximate surface area is 158 Å². The zero-order valence-electron chi connectivity index (χ0n) is 15.4. The number of hydrogen-bond donors (Lipinski definition) is 2. The van der Waals surface area contributed by atoms with Crippen LogP contribution in [0.4, 0.5) is 10.5 Å². The predicted octanol–water partition coefficient (Wildman–Crippen LogP) is 2.33. The number of nitrogens with zero attached hydrogens (tertiary/aromatic N) is 2. The molecule has 2 N–H and O–H groups in total. The van der Waals surface area contributed by atoms with Crippen LogP contribution in [0.3, 0.4) is 0 Å². The summed E-state index contributed by atoms with van der Waals surface area (Å²) in [5.41, 5.74) is 2.69. The van der Waals surface area contributed by atoms with Crippen LogP contribution in [0, 0.1) is 6.92 Å². The van der Waals surface area contributed by atoms with E-state index in [1.165, 1.54) is 0 Å². The number of anilines is 1. The first kappa shape index (κ1) is 18.8. The molecule has 0 bridgehead atoms. The van der Waals surface area contributed by atoms with Crippen LogP contribution in [-0.4, -0.2) is 47.6 Å². The molecule has 7 heteroatoms. The van der Waals surface area contributed by atoms with Crippen molar-refractivity contribution in [3.05, 3.63) is 59.9 Å². The standard InChI is InChI=1S/C20H24N4O3/c1-15-5-2-3-7-18(15)23-20(26)24-9-10-27-14-17(24)11-19(25)22-13-16-6-4-8-21-12-16/h2-8,12,17H,9-11,13-14H2,1H3,(H,22,25)(H,23,26)/t17-/m0/s1. The number of morpholine rings is 1. The van der Waals surface area contributed by atoms with Crippen molar-refractivity contribution in [1.29, 1.82) is 0 Å². The lowest BCUT2D eigenvalue weighted by Crippen LogP contribution is -2.52. The highest BCUT2D eigenvalue weighted by Gasteiger charge is 2.29. The average molecular weight is 368 g/mol. The second-order valence-electron chi connectivity index (χ2n) is 6.51. The Hall–Kier alpha value is -2.93. The number of amides is 3. The summed E-state index contributed by atoms with van der Waals surface area (Å²) < 4.78 is 5.49. The molecule has 7 nitrogen and oxygen atoms in total. The Balaban J connectivity index is 1.57. The number of carbonyl (C=O) groups is 2. The van der Waals surface area contributed by atoms with E-state index in [0.29, 0.717) is 26.3 Å². The second kappa shape index (κ2) is 9.14. The summed E-state index contributed by atoms with van der Waals surface area (Å²) >= 11 is 0. The van der Waals surface area contributed by atoms with Gasteiger partial charge in [0.15, 0.2) is 0 Å². The third-order valence-electron chi connectivity index (χ3n) is 4.51. The lowest BCUT2D eigenvalue weighted by Gasteiger charge is -2.35. The molecule has 2 heterocycles. The van der Waals surface area contributed by atoms with Crippen molar-refractivity contribution in [3.63, 3.8) is 0 Å². The van der Waals surface area contributed by atoms with Crippen LogP contribution in [0.2, 0.25) is 0 Å². The molecule has 1 aromatic heterocycles. The zero-order valence-corrected chi connectivity index (χ0v) is 15.4. The highest BCUT2D eigenvalue weighted by molar-refractivity contribution is 5.91. The van der Waals surface area contributed by atoms with Crippen molar-refractivity contribution in [2.45, 2.75) is 25.9 Å². The van der Waals surface area contributed by atoms with E-state index in [1.807, 2.05) is 43.3 Å². The third kappa shape index (κ3) is 5.27. The van der Waals surface area contributed by atoms with Gasteiger partial charge in [0, 0.05) is 37.6 Å². The SMILES string of the molecule is Cc1ccccc1NC(=O)N1CCOC[C@@H]1CC(=O)NCc1cccnc1. The minimum atomic E-state index is -0.295. The Morgan fingerprint density at radius 3 is 2.89 bits per heavy atom.